The van der Waals surface area contributed by atoms with Crippen LogP contribution in [0.25, 0.3) is 23.2 Å². The Morgan fingerprint density at radius 1 is 0.580 bits per heavy atom. The molecule has 0 saturated carbocycles. The molecule has 4 aromatic rings. The van der Waals surface area contributed by atoms with E-state index in [4.69, 9.17) is 35.9 Å². The topological polar surface area (TPSA) is 152 Å². The van der Waals surface area contributed by atoms with Crippen molar-refractivity contribution in [2.24, 2.45) is 31.9 Å². The van der Waals surface area contributed by atoms with Crippen LogP contribution in [-0.2, 0) is 13.1 Å². The van der Waals surface area contributed by atoms with Gasteiger partial charge in [-0.25, -0.2) is 0 Å². The molecule has 0 saturated heterocycles. The van der Waals surface area contributed by atoms with Gasteiger partial charge in [-0.15, -0.1) is 10.2 Å². The van der Waals surface area contributed by atoms with Crippen LogP contribution in [0, 0.1) is 21.1 Å². The van der Waals surface area contributed by atoms with E-state index in [1.165, 1.54) is 38.5 Å². The van der Waals surface area contributed by atoms with Crippen LogP contribution >= 0.6 is 24.4 Å². The molecule has 0 aliphatic heterocycles. The Kier molecular flexibility index (Phi) is 15.1. The summed E-state index contributed by atoms with van der Waals surface area (Å²) in [5.41, 5.74) is 10.9. The second-order valence-electron chi connectivity index (χ2n) is 12.5. The maximum atomic E-state index is 12.1. The van der Waals surface area contributed by atoms with Crippen molar-refractivity contribution < 1.29 is 10.2 Å². The second-order valence-corrected chi connectivity index (χ2v) is 13.4. The molecule has 0 radical (unpaired) electrons. The van der Waals surface area contributed by atoms with Crippen LogP contribution in [0.4, 0.5) is 0 Å². The molecular weight excluding hydrogens is 665 g/mol. The minimum absolute atomic E-state index is 0.0328. The number of thiocarbonyl (C=S) groups is 2. The molecule has 0 amide bonds. The highest BCUT2D eigenvalue weighted by molar-refractivity contribution is 7.80. The van der Waals surface area contributed by atoms with Crippen molar-refractivity contribution in [3.63, 3.8) is 0 Å². The van der Waals surface area contributed by atoms with Gasteiger partial charge in [-0.05, 0) is 58.2 Å². The van der Waals surface area contributed by atoms with Crippen molar-refractivity contribution in [3.8, 4) is 11.8 Å². The molecule has 266 valence electrons. The van der Waals surface area contributed by atoms with E-state index >= 15 is 0 Å². The fourth-order valence-corrected chi connectivity index (χ4v) is 6.41. The number of benzene rings is 2. The quantitative estimate of drug-likeness (QED) is 0.0524. The van der Waals surface area contributed by atoms with E-state index in [1.807, 2.05) is 57.7 Å². The average Bonchev–Trinajstić information content (AvgIpc) is 3.54. The first-order valence-electron chi connectivity index (χ1n) is 17.7. The SMILES string of the molecule is CCCCCCCCn1c(O)c2c(=c3ccc(=CN=NC(N)=S)cc3)n(CCCCCCCC)c(O)c2c1=c1ccc(=CN=NC(N)=S)cc1. The van der Waals surface area contributed by atoms with Crippen molar-refractivity contribution in [1.82, 2.24) is 9.13 Å². The van der Waals surface area contributed by atoms with Gasteiger partial charge in [0.25, 0.3) is 0 Å². The third kappa shape index (κ3) is 10.3. The molecule has 50 heavy (non-hydrogen) atoms. The van der Waals surface area contributed by atoms with Gasteiger partial charge < -0.3 is 30.8 Å². The zero-order valence-electron chi connectivity index (χ0n) is 29.2. The Morgan fingerprint density at radius 3 is 1.26 bits per heavy atom. The second kappa shape index (κ2) is 19.7. The van der Waals surface area contributed by atoms with Crippen LogP contribution in [0.3, 0.4) is 0 Å². The van der Waals surface area contributed by atoms with Crippen molar-refractivity contribution in [3.05, 3.63) is 80.1 Å². The maximum absolute atomic E-state index is 12.1. The smallest absolute Gasteiger partial charge is 0.211 e. The third-order valence-corrected chi connectivity index (χ3v) is 8.95. The normalized spacial score (nSPS) is 11.6. The van der Waals surface area contributed by atoms with Gasteiger partial charge in [0.05, 0.1) is 33.9 Å². The molecule has 0 bridgehead atoms. The van der Waals surface area contributed by atoms with Gasteiger partial charge in [0.15, 0.2) is 0 Å². The number of unbranched alkanes of at least 4 members (excludes halogenated alkanes) is 10. The van der Waals surface area contributed by atoms with E-state index in [0.717, 1.165) is 70.1 Å². The van der Waals surface area contributed by atoms with Gasteiger partial charge >= 0.3 is 0 Å². The van der Waals surface area contributed by atoms with Crippen molar-refractivity contribution in [2.75, 3.05) is 0 Å². The number of azo groups is 2. The lowest BCUT2D eigenvalue weighted by Gasteiger charge is -2.10. The minimum atomic E-state index is -0.0328. The van der Waals surface area contributed by atoms with Crippen LogP contribution in [0.1, 0.15) is 90.9 Å². The van der Waals surface area contributed by atoms with E-state index < -0.39 is 0 Å². The van der Waals surface area contributed by atoms with Crippen molar-refractivity contribution >= 4 is 57.8 Å². The highest BCUT2D eigenvalue weighted by Gasteiger charge is 2.23. The Labute approximate surface area is 303 Å². The summed E-state index contributed by atoms with van der Waals surface area (Å²) in [7, 11) is 0. The van der Waals surface area contributed by atoms with Crippen LogP contribution in [0.5, 0.6) is 11.8 Å². The zero-order chi connectivity index (χ0) is 35.9. The highest BCUT2D eigenvalue weighted by Crippen LogP contribution is 2.39. The standard InChI is InChI=1S/C38H50N8O2S2/c1-3-5-7-9-11-13-23-45-33(29-19-15-27(16-20-29)25-41-43-37(39)49)31-32(35(45)47)34(46(36(31)48)24-14-12-10-8-6-4-2)30-21-17-28(18-22-30)26-42-44-38(40)50/h15-22,25-26,47-48H,3-14,23-24H2,1-2H3,(H2,39,49)(H2,40,50). The molecule has 0 aliphatic carbocycles. The molecule has 2 heterocycles. The summed E-state index contributed by atoms with van der Waals surface area (Å²) < 4.78 is 3.93. The van der Waals surface area contributed by atoms with Gasteiger partial charge in [0.1, 0.15) is 0 Å². The number of hydrogen-bond acceptors (Lipinski definition) is 6. The van der Waals surface area contributed by atoms with Crippen LogP contribution in [0.15, 0.2) is 69.0 Å². The molecule has 10 nitrogen and oxygen atoms in total. The largest absolute Gasteiger partial charge is 0.494 e. The molecule has 6 N–H and O–H groups in total. The monoisotopic (exact) mass is 714 g/mol. The van der Waals surface area contributed by atoms with Crippen molar-refractivity contribution in [2.45, 2.75) is 104 Å². The first kappa shape index (κ1) is 38.4. The van der Waals surface area contributed by atoms with Crippen LogP contribution in [-0.4, -0.2) is 29.6 Å². The van der Waals surface area contributed by atoms with E-state index in [2.05, 4.69) is 34.3 Å². The Morgan fingerprint density at radius 2 is 0.920 bits per heavy atom. The number of aromatic hydroxyl groups is 2. The number of rotatable bonds is 16. The lowest BCUT2D eigenvalue weighted by Crippen LogP contribution is -2.04. The fourth-order valence-electron chi connectivity index (χ4n) is 6.32. The van der Waals surface area contributed by atoms with E-state index in [-0.39, 0.29) is 22.0 Å². The summed E-state index contributed by atoms with van der Waals surface area (Å²) in [6.07, 6.45) is 16.7. The van der Waals surface area contributed by atoms with Gasteiger partial charge in [0.2, 0.25) is 22.0 Å². The zero-order valence-corrected chi connectivity index (χ0v) is 30.9. The summed E-state index contributed by atoms with van der Waals surface area (Å²) in [5.74, 6) is 0.301. The molecule has 0 aliphatic rings. The van der Waals surface area contributed by atoms with Crippen LogP contribution < -0.4 is 21.9 Å². The number of fused-ring (bicyclic) bond motifs is 1. The molecule has 0 spiro atoms. The Hall–Kier alpha value is -4.42. The number of nitrogens with zero attached hydrogens (tertiary/aromatic N) is 6. The molecule has 0 unspecified atom stereocenters. The van der Waals surface area contributed by atoms with Crippen LogP contribution in [0.2, 0.25) is 0 Å². The summed E-state index contributed by atoms with van der Waals surface area (Å²) in [5, 5.41) is 45.7. The molecule has 2 aromatic carbocycles. The van der Waals surface area contributed by atoms with Gasteiger partial charge in [-0.2, -0.15) is 10.2 Å². The third-order valence-electron chi connectivity index (χ3n) is 8.79. The van der Waals surface area contributed by atoms with Gasteiger partial charge in [0, 0.05) is 13.1 Å². The summed E-state index contributed by atoms with van der Waals surface area (Å²) in [6, 6.07) is 15.6. The van der Waals surface area contributed by atoms with Gasteiger partial charge in [-0.1, -0.05) is 127 Å². The molecule has 12 heteroatoms. The Bertz CT molecular complexity index is 1950. The predicted octanol–water partition coefficient (Wildman–Crippen LogP) is 8.02. The lowest BCUT2D eigenvalue weighted by molar-refractivity contribution is 0.403. The molecule has 0 atom stereocenters. The average molecular weight is 715 g/mol. The van der Waals surface area contributed by atoms with E-state index in [0.29, 0.717) is 23.9 Å². The maximum Gasteiger partial charge on any atom is 0.211 e. The first-order chi connectivity index (χ1) is 24.3. The number of hydrogen-bond donors (Lipinski definition) is 4. The minimum Gasteiger partial charge on any atom is -0.494 e. The van der Waals surface area contributed by atoms with Crippen molar-refractivity contribution in [1.29, 1.82) is 0 Å². The fraction of sp³-hybridized carbons (Fsp3) is 0.421. The molecule has 4 rings (SSSR count). The first-order valence-corrected chi connectivity index (χ1v) is 18.5. The summed E-state index contributed by atoms with van der Waals surface area (Å²) in [6.45, 7) is 5.67. The molecule has 0 fully saturated rings. The van der Waals surface area contributed by atoms with Gasteiger partial charge in [-0.3, -0.25) is 0 Å². The summed E-state index contributed by atoms with van der Waals surface area (Å²) in [4.78, 5) is 0. The molecule has 2 aromatic heterocycles. The molecular formula is C38H50N8O2S2. The Balaban J connectivity index is 1.99. The van der Waals surface area contributed by atoms with E-state index in [1.54, 1.807) is 12.4 Å². The predicted molar refractivity (Wildman–Crippen MR) is 210 cm³/mol. The number of aromatic nitrogens is 2. The number of nitrogens with two attached hydrogens (primary N) is 2. The highest BCUT2D eigenvalue weighted by atomic mass is 32.1. The van der Waals surface area contributed by atoms with E-state index in [9.17, 15) is 10.2 Å². The lowest BCUT2D eigenvalue weighted by atomic mass is 10.1. The summed E-state index contributed by atoms with van der Waals surface area (Å²) >= 11 is 9.58.